The summed E-state index contributed by atoms with van der Waals surface area (Å²) < 4.78 is 7.34. The van der Waals surface area contributed by atoms with Crippen molar-refractivity contribution in [2.75, 3.05) is 6.61 Å². The minimum absolute atomic E-state index is 0.147. The van der Waals surface area contributed by atoms with E-state index < -0.39 is 0 Å². The van der Waals surface area contributed by atoms with Crippen LogP contribution >= 0.6 is 11.3 Å². The van der Waals surface area contributed by atoms with Crippen molar-refractivity contribution in [3.63, 3.8) is 0 Å². The van der Waals surface area contributed by atoms with Gasteiger partial charge in [0.05, 0.1) is 18.9 Å². The molecule has 0 aliphatic carbocycles. The Hall–Kier alpha value is -2.25. The minimum atomic E-state index is -0.147. The van der Waals surface area contributed by atoms with Crippen molar-refractivity contribution in [1.29, 1.82) is 0 Å². The number of rotatable bonds is 6. The molecule has 3 aromatic rings. The van der Waals surface area contributed by atoms with E-state index in [1.54, 1.807) is 10.9 Å². The van der Waals surface area contributed by atoms with Gasteiger partial charge in [0.2, 0.25) is 5.13 Å². The van der Waals surface area contributed by atoms with Gasteiger partial charge in [-0.1, -0.05) is 23.4 Å². The zero-order valence-electron chi connectivity index (χ0n) is 11.2. The quantitative estimate of drug-likeness (QED) is 0.752. The molecule has 0 saturated carbocycles. The molecule has 0 radical (unpaired) electrons. The van der Waals surface area contributed by atoms with Crippen LogP contribution in [0.15, 0.2) is 41.9 Å². The van der Waals surface area contributed by atoms with Crippen molar-refractivity contribution < 1.29 is 9.84 Å². The number of para-hydroxylation sites is 1. The molecule has 2 heterocycles. The van der Waals surface area contributed by atoms with E-state index in [4.69, 9.17) is 4.74 Å². The van der Waals surface area contributed by atoms with E-state index in [2.05, 4.69) is 15.3 Å². The van der Waals surface area contributed by atoms with Crippen LogP contribution in [0, 0.1) is 0 Å². The summed E-state index contributed by atoms with van der Waals surface area (Å²) in [6, 6.07) is 9.61. The Morgan fingerprint density at radius 1 is 1.24 bits per heavy atom. The molecular formula is C14H14N4O2S. The van der Waals surface area contributed by atoms with Gasteiger partial charge in [-0.2, -0.15) is 4.68 Å². The molecule has 6 nitrogen and oxygen atoms in total. The third-order valence-electron chi connectivity index (χ3n) is 2.94. The molecule has 7 heteroatoms. The summed E-state index contributed by atoms with van der Waals surface area (Å²) in [4.78, 5) is 4.22. The lowest BCUT2D eigenvalue weighted by molar-refractivity contribution is 0.273. The number of benzene rings is 1. The first-order valence-corrected chi connectivity index (χ1v) is 7.38. The molecule has 3 rings (SSSR count). The number of hydrogen-bond donors (Lipinski definition) is 1. The molecule has 21 heavy (non-hydrogen) atoms. The topological polar surface area (TPSA) is 73.1 Å². The molecule has 0 aliphatic rings. The second-order valence-electron chi connectivity index (χ2n) is 4.28. The average molecular weight is 302 g/mol. The van der Waals surface area contributed by atoms with Crippen LogP contribution in [0.1, 0.15) is 11.4 Å². The number of hydrogen-bond acceptors (Lipinski definition) is 6. The summed E-state index contributed by atoms with van der Waals surface area (Å²) in [6.45, 7) is 0.335. The molecular weight excluding hydrogens is 288 g/mol. The van der Waals surface area contributed by atoms with E-state index in [1.165, 1.54) is 11.3 Å². The molecule has 0 spiro atoms. The third kappa shape index (κ3) is 3.09. The normalized spacial score (nSPS) is 10.7. The van der Waals surface area contributed by atoms with Gasteiger partial charge >= 0.3 is 0 Å². The second-order valence-corrected chi connectivity index (χ2v) is 5.15. The van der Waals surface area contributed by atoms with Gasteiger partial charge in [0.25, 0.3) is 0 Å². The van der Waals surface area contributed by atoms with Gasteiger partial charge in [-0.25, -0.2) is 4.98 Å². The van der Waals surface area contributed by atoms with Crippen LogP contribution in [0.5, 0.6) is 5.75 Å². The van der Waals surface area contributed by atoms with Crippen molar-refractivity contribution in [2.45, 2.75) is 13.0 Å². The monoisotopic (exact) mass is 302 g/mol. The van der Waals surface area contributed by atoms with Crippen LogP contribution in [-0.2, 0) is 13.0 Å². The Morgan fingerprint density at radius 2 is 2.10 bits per heavy atom. The molecule has 0 saturated heterocycles. The summed E-state index contributed by atoms with van der Waals surface area (Å²) in [5.74, 6) is 0.816. The molecule has 0 amide bonds. The number of aliphatic hydroxyl groups excluding tert-OH is 1. The highest BCUT2D eigenvalue weighted by Gasteiger charge is 2.15. The van der Waals surface area contributed by atoms with Crippen molar-refractivity contribution in [3.05, 3.63) is 53.3 Å². The SMILES string of the molecule is OCc1nnn(-c2nccs2)c1CCOc1ccccc1. The van der Waals surface area contributed by atoms with E-state index in [9.17, 15) is 5.11 Å². The van der Waals surface area contributed by atoms with E-state index >= 15 is 0 Å². The largest absolute Gasteiger partial charge is 0.493 e. The van der Waals surface area contributed by atoms with Gasteiger partial charge in [0.15, 0.2) is 0 Å². The van der Waals surface area contributed by atoms with Crippen LogP contribution in [-0.4, -0.2) is 31.7 Å². The fraction of sp³-hybridized carbons (Fsp3) is 0.214. The molecule has 108 valence electrons. The highest BCUT2D eigenvalue weighted by Crippen LogP contribution is 2.16. The Kier molecular flexibility index (Phi) is 4.23. The lowest BCUT2D eigenvalue weighted by atomic mass is 10.2. The van der Waals surface area contributed by atoms with Crippen molar-refractivity contribution >= 4 is 11.3 Å². The maximum absolute atomic E-state index is 9.37. The van der Waals surface area contributed by atoms with Crippen LogP contribution in [0.25, 0.3) is 5.13 Å². The van der Waals surface area contributed by atoms with Crippen LogP contribution in [0.3, 0.4) is 0 Å². The smallest absolute Gasteiger partial charge is 0.211 e. The maximum atomic E-state index is 9.37. The molecule has 2 aromatic heterocycles. The first-order valence-electron chi connectivity index (χ1n) is 6.50. The predicted octanol–water partition coefficient (Wildman–Crippen LogP) is 1.84. The van der Waals surface area contributed by atoms with Gasteiger partial charge in [-0.05, 0) is 12.1 Å². The van der Waals surface area contributed by atoms with Gasteiger partial charge < -0.3 is 9.84 Å². The standard InChI is InChI=1S/C14H14N4O2S/c19-10-12-13(6-8-20-11-4-2-1-3-5-11)18(17-16-12)14-15-7-9-21-14/h1-5,7,9,19H,6,8,10H2. The van der Waals surface area contributed by atoms with Crippen LogP contribution < -0.4 is 4.74 Å². The van der Waals surface area contributed by atoms with Gasteiger partial charge in [-0.15, -0.1) is 16.4 Å². The zero-order valence-corrected chi connectivity index (χ0v) is 12.0. The predicted molar refractivity (Wildman–Crippen MR) is 78.6 cm³/mol. The number of aliphatic hydroxyl groups is 1. The Balaban J connectivity index is 1.73. The summed E-state index contributed by atoms with van der Waals surface area (Å²) >= 11 is 1.47. The summed E-state index contributed by atoms with van der Waals surface area (Å²) in [5, 5.41) is 20.0. The zero-order chi connectivity index (χ0) is 14.5. The molecule has 0 fully saturated rings. The van der Waals surface area contributed by atoms with Crippen molar-refractivity contribution in [2.24, 2.45) is 0 Å². The summed E-state index contributed by atoms with van der Waals surface area (Å²) in [5.41, 5.74) is 1.38. The van der Waals surface area contributed by atoms with Crippen molar-refractivity contribution in [3.8, 4) is 10.9 Å². The first-order chi connectivity index (χ1) is 10.4. The molecule has 0 bridgehead atoms. The summed E-state index contributed by atoms with van der Waals surface area (Å²) in [6.07, 6.45) is 2.31. The number of nitrogens with zero attached hydrogens (tertiary/aromatic N) is 4. The second kappa shape index (κ2) is 6.47. The van der Waals surface area contributed by atoms with Crippen LogP contribution in [0.4, 0.5) is 0 Å². The average Bonchev–Trinajstić information content (AvgIpc) is 3.17. The van der Waals surface area contributed by atoms with Crippen LogP contribution in [0.2, 0.25) is 0 Å². The van der Waals surface area contributed by atoms with Crippen molar-refractivity contribution in [1.82, 2.24) is 20.0 Å². The first kappa shape index (κ1) is 13.7. The Bertz CT molecular complexity index is 682. The van der Waals surface area contributed by atoms with E-state index in [-0.39, 0.29) is 6.61 Å². The number of ether oxygens (including phenoxy) is 1. The minimum Gasteiger partial charge on any atom is -0.493 e. The number of aromatic nitrogens is 4. The maximum Gasteiger partial charge on any atom is 0.211 e. The summed E-state index contributed by atoms with van der Waals surface area (Å²) in [7, 11) is 0. The Morgan fingerprint density at radius 3 is 2.81 bits per heavy atom. The highest BCUT2D eigenvalue weighted by molar-refractivity contribution is 7.12. The lowest BCUT2D eigenvalue weighted by Crippen LogP contribution is -2.09. The number of thiazole rings is 1. The molecule has 1 N–H and O–H groups in total. The molecule has 1 aromatic carbocycles. The molecule has 0 aliphatic heterocycles. The van der Waals surface area contributed by atoms with E-state index in [1.807, 2.05) is 35.7 Å². The lowest BCUT2D eigenvalue weighted by Gasteiger charge is -2.07. The van der Waals surface area contributed by atoms with Gasteiger partial charge in [0.1, 0.15) is 11.4 Å². The van der Waals surface area contributed by atoms with Gasteiger partial charge in [0, 0.05) is 18.0 Å². The molecule has 0 atom stereocenters. The molecule has 0 unspecified atom stereocenters. The highest BCUT2D eigenvalue weighted by atomic mass is 32.1. The van der Waals surface area contributed by atoms with E-state index in [0.717, 1.165) is 16.6 Å². The van der Waals surface area contributed by atoms with Gasteiger partial charge in [-0.3, -0.25) is 0 Å². The fourth-order valence-electron chi connectivity index (χ4n) is 1.96. The fourth-order valence-corrected chi connectivity index (χ4v) is 2.57. The van der Waals surface area contributed by atoms with E-state index in [0.29, 0.717) is 18.7 Å². The third-order valence-corrected chi connectivity index (χ3v) is 3.69. The Labute approximate surface area is 125 Å².